The molecule has 1 rings (SSSR count). The zero-order valence-electron chi connectivity index (χ0n) is 11.6. The molecule has 1 saturated heterocycles. The lowest BCUT2D eigenvalue weighted by atomic mass is 9.86. The third kappa shape index (κ3) is 4.76. The number of aldehydes is 1. The molecule has 1 fully saturated rings. The Kier molecular flexibility index (Phi) is 6.14. The summed E-state index contributed by atoms with van der Waals surface area (Å²) in [6.45, 7) is 10.1. The average molecular weight is 241 g/mol. The van der Waals surface area contributed by atoms with E-state index < -0.39 is 0 Å². The molecular weight excluding hydrogens is 214 g/mol. The van der Waals surface area contributed by atoms with Gasteiger partial charge < -0.3 is 14.4 Å². The Hall–Kier alpha value is -0.410. The monoisotopic (exact) mass is 241 g/mol. The van der Waals surface area contributed by atoms with Crippen LogP contribution in [0.3, 0.4) is 0 Å². The average Bonchev–Trinajstić information content (AvgIpc) is 2.32. The molecule has 0 bridgehead atoms. The lowest BCUT2D eigenvalue weighted by molar-refractivity contribution is -0.117. The van der Waals surface area contributed by atoms with Gasteiger partial charge in [-0.3, -0.25) is 0 Å². The van der Waals surface area contributed by atoms with Crippen LogP contribution in [0.1, 0.15) is 46.5 Å². The second-order valence-electron chi connectivity index (χ2n) is 5.45. The van der Waals surface area contributed by atoms with E-state index in [1.165, 1.54) is 0 Å². The summed E-state index contributed by atoms with van der Waals surface area (Å²) in [6.07, 6.45) is 5.85. The number of piperidine rings is 1. The number of hydrogen-bond donors (Lipinski definition) is 0. The number of hydrogen-bond acceptors (Lipinski definition) is 3. The number of nitrogens with zero attached hydrogens (tertiary/aromatic N) is 1. The minimum Gasteiger partial charge on any atom is -0.378 e. The van der Waals surface area contributed by atoms with E-state index in [0.29, 0.717) is 6.10 Å². The first-order chi connectivity index (χ1) is 8.13. The first kappa shape index (κ1) is 14.7. The van der Waals surface area contributed by atoms with Gasteiger partial charge in [-0.1, -0.05) is 20.3 Å². The van der Waals surface area contributed by atoms with E-state index in [9.17, 15) is 4.79 Å². The van der Waals surface area contributed by atoms with Gasteiger partial charge in [0.15, 0.2) is 0 Å². The third-order valence-corrected chi connectivity index (χ3v) is 3.63. The van der Waals surface area contributed by atoms with Crippen molar-refractivity contribution in [1.82, 2.24) is 4.90 Å². The molecule has 0 N–H and O–H groups in total. The van der Waals surface area contributed by atoms with Crippen LogP contribution in [-0.4, -0.2) is 43.5 Å². The largest absolute Gasteiger partial charge is 0.378 e. The second kappa shape index (κ2) is 7.12. The van der Waals surface area contributed by atoms with Crippen molar-refractivity contribution < 1.29 is 9.53 Å². The summed E-state index contributed by atoms with van der Waals surface area (Å²) in [5, 5.41) is 0. The first-order valence-corrected chi connectivity index (χ1v) is 6.94. The van der Waals surface area contributed by atoms with Crippen molar-refractivity contribution in [2.75, 3.05) is 26.2 Å². The molecule has 0 amide bonds. The summed E-state index contributed by atoms with van der Waals surface area (Å²) in [5.74, 6) is 0. The van der Waals surface area contributed by atoms with Crippen molar-refractivity contribution in [3.63, 3.8) is 0 Å². The Labute approximate surface area is 106 Å². The van der Waals surface area contributed by atoms with Crippen molar-refractivity contribution in [2.45, 2.75) is 52.6 Å². The Morgan fingerprint density at radius 1 is 1.35 bits per heavy atom. The lowest BCUT2D eigenvalue weighted by Gasteiger charge is -2.36. The molecule has 0 saturated carbocycles. The minimum absolute atomic E-state index is 0.160. The zero-order valence-corrected chi connectivity index (χ0v) is 11.6. The van der Waals surface area contributed by atoms with E-state index in [1.807, 2.05) is 0 Å². The second-order valence-corrected chi connectivity index (χ2v) is 5.45. The van der Waals surface area contributed by atoms with Gasteiger partial charge in [-0.15, -0.1) is 0 Å². The molecule has 0 radical (unpaired) electrons. The summed E-state index contributed by atoms with van der Waals surface area (Å²) in [5.41, 5.74) is -0.160. The van der Waals surface area contributed by atoms with Crippen molar-refractivity contribution in [1.29, 1.82) is 0 Å². The molecule has 3 nitrogen and oxygen atoms in total. The van der Waals surface area contributed by atoms with Crippen molar-refractivity contribution in [3.05, 3.63) is 0 Å². The smallest absolute Gasteiger partial charge is 0.127 e. The Balaban J connectivity index is 2.36. The van der Waals surface area contributed by atoms with Gasteiger partial charge in [-0.25, -0.2) is 0 Å². The minimum atomic E-state index is -0.160. The van der Waals surface area contributed by atoms with E-state index in [1.54, 1.807) is 0 Å². The normalized spacial score (nSPS) is 22.3. The number of likely N-dealkylation sites (tertiary alicyclic amines) is 1. The molecule has 3 heteroatoms. The van der Waals surface area contributed by atoms with Crippen LogP contribution in [0.4, 0.5) is 0 Å². The van der Waals surface area contributed by atoms with E-state index >= 15 is 0 Å². The zero-order chi connectivity index (χ0) is 12.7. The quantitative estimate of drug-likeness (QED) is 0.641. The summed E-state index contributed by atoms with van der Waals surface area (Å²) in [6, 6.07) is 0. The number of carbonyl (C=O) groups is 1. The van der Waals surface area contributed by atoms with Gasteiger partial charge in [0.25, 0.3) is 0 Å². The highest BCUT2D eigenvalue weighted by molar-refractivity contribution is 5.59. The maximum atomic E-state index is 11.2. The van der Waals surface area contributed by atoms with Crippen LogP contribution in [0, 0.1) is 5.41 Å². The maximum Gasteiger partial charge on any atom is 0.127 e. The molecule has 1 unspecified atom stereocenters. The molecule has 100 valence electrons. The van der Waals surface area contributed by atoms with Crippen LogP contribution >= 0.6 is 0 Å². The Morgan fingerprint density at radius 2 is 2.00 bits per heavy atom. The Morgan fingerprint density at radius 3 is 2.47 bits per heavy atom. The van der Waals surface area contributed by atoms with E-state index in [0.717, 1.165) is 58.2 Å². The van der Waals surface area contributed by atoms with Crippen molar-refractivity contribution in [3.8, 4) is 0 Å². The summed E-state index contributed by atoms with van der Waals surface area (Å²) >= 11 is 0. The summed E-state index contributed by atoms with van der Waals surface area (Å²) in [4.78, 5) is 13.6. The van der Waals surface area contributed by atoms with Crippen LogP contribution in [-0.2, 0) is 9.53 Å². The highest BCUT2D eigenvalue weighted by atomic mass is 16.5. The topological polar surface area (TPSA) is 29.5 Å². The number of ether oxygens (including phenoxy) is 1. The number of rotatable bonds is 7. The molecule has 0 aromatic rings. The summed E-state index contributed by atoms with van der Waals surface area (Å²) < 4.78 is 5.64. The molecule has 1 heterocycles. The molecule has 0 aromatic heterocycles. The van der Waals surface area contributed by atoms with Crippen molar-refractivity contribution in [2.24, 2.45) is 5.41 Å². The lowest BCUT2D eigenvalue weighted by Crippen LogP contribution is -2.43. The molecule has 0 aromatic carbocycles. The number of carbonyl (C=O) groups excluding carboxylic acids is 1. The highest BCUT2D eigenvalue weighted by Gasteiger charge is 2.28. The van der Waals surface area contributed by atoms with Crippen LogP contribution in [0.15, 0.2) is 0 Å². The third-order valence-electron chi connectivity index (χ3n) is 3.63. The van der Waals surface area contributed by atoms with Crippen LogP contribution < -0.4 is 0 Å². The van der Waals surface area contributed by atoms with E-state index in [2.05, 4.69) is 25.7 Å². The van der Waals surface area contributed by atoms with Gasteiger partial charge in [-0.05, 0) is 26.2 Å². The Bertz CT molecular complexity index is 224. The van der Waals surface area contributed by atoms with Crippen LogP contribution in [0.5, 0.6) is 0 Å². The molecule has 1 aliphatic heterocycles. The fourth-order valence-corrected chi connectivity index (χ4v) is 2.73. The highest BCUT2D eigenvalue weighted by Crippen LogP contribution is 2.24. The molecular formula is C14H27NO2. The first-order valence-electron chi connectivity index (χ1n) is 6.94. The van der Waals surface area contributed by atoms with Gasteiger partial charge in [0.05, 0.1) is 6.10 Å². The molecule has 0 spiro atoms. The SMILES string of the molecule is CCCC(C)(C=O)CN1CCC(OCC)CC1. The summed E-state index contributed by atoms with van der Waals surface area (Å²) in [7, 11) is 0. The van der Waals surface area contributed by atoms with Gasteiger partial charge in [0, 0.05) is 31.7 Å². The molecule has 1 aliphatic rings. The fourth-order valence-electron chi connectivity index (χ4n) is 2.73. The predicted octanol–water partition coefficient (Wildman–Crippen LogP) is 2.49. The maximum absolute atomic E-state index is 11.2. The molecule has 0 aliphatic carbocycles. The van der Waals surface area contributed by atoms with E-state index in [-0.39, 0.29) is 5.41 Å². The molecule has 17 heavy (non-hydrogen) atoms. The predicted molar refractivity (Wildman–Crippen MR) is 70.2 cm³/mol. The fraction of sp³-hybridized carbons (Fsp3) is 0.929. The van der Waals surface area contributed by atoms with Gasteiger partial charge in [0.2, 0.25) is 0 Å². The molecule has 1 atom stereocenters. The van der Waals surface area contributed by atoms with Crippen LogP contribution in [0.25, 0.3) is 0 Å². The van der Waals surface area contributed by atoms with Gasteiger partial charge >= 0.3 is 0 Å². The van der Waals surface area contributed by atoms with Gasteiger partial charge in [0.1, 0.15) is 6.29 Å². The standard InChI is InChI=1S/C14H27NO2/c1-4-8-14(3,12-16)11-15-9-6-13(7-10-15)17-5-2/h12-13H,4-11H2,1-3H3. The van der Waals surface area contributed by atoms with E-state index in [4.69, 9.17) is 4.74 Å². The van der Waals surface area contributed by atoms with Gasteiger partial charge in [-0.2, -0.15) is 0 Å². The van der Waals surface area contributed by atoms with Crippen molar-refractivity contribution >= 4 is 6.29 Å². The van der Waals surface area contributed by atoms with Crippen LogP contribution in [0.2, 0.25) is 0 Å².